The van der Waals surface area contributed by atoms with Crippen LogP contribution in [-0.4, -0.2) is 20.3 Å². The zero-order valence-electron chi connectivity index (χ0n) is 5.56. The van der Waals surface area contributed by atoms with Crippen LogP contribution in [0.4, 0.5) is 4.39 Å². The molecule has 3 heteroatoms. The molecular weight excluding hydrogens is 141 g/mol. The second kappa shape index (κ2) is 4.07. The highest BCUT2D eigenvalue weighted by Crippen LogP contribution is 2.37. The van der Waals surface area contributed by atoms with Gasteiger partial charge in [0.1, 0.15) is 0 Å². The molecule has 1 aliphatic rings. The highest BCUT2D eigenvalue weighted by atomic mass is 35.5. The lowest BCUT2D eigenvalue weighted by Crippen LogP contribution is -2.10. The standard InChI is InChI=1S/C6H12FN.ClH/c1-8-4-6-2-5(6)3-7;/h5-6,8H,2-4H2,1H3;1H/t5-,6-;/m1./s1. The molecule has 1 rings (SSSR count). The molecule has 0 radical (unpaired) electrons. The lowest BCUT2D eigenvalue weighted by molar-refractivity contribution is 0.437. The first kappa shape index (κ1) is 9.18. The summed E-state index contributed by atoms with van der Waals surface area (Å²) in [5.41, 5.74) is 0. The normalized spacial score (nSPS) is 31.3. The van der Waals surface area contributed by atoms with Crippen molar-refractivity contribution in [2.45, 2.75) is 6.42 Å². The fourth-order valence-electron chi connectivity index (χ4n) is 1.01. The Hall–Kier alpha value is 0.180. The maximum atomic E-state index is 11.7. The van der Waals surface area contributed by atoms with Gasteiger partial charge < -0.3 is 5.32 Å². The van der Waals surface area contributed by atoms with E-state index in [2.05, 4.69) is 5.32 Å². The first-order valence-corrected chi connectivity index (χ1v) is 3.09. The lowest BCUT2D eigenvalue weighted by Gasteiger charge is -1.91. The van der Waals surface area contributed by atoms with Gasteiger partial charge in [0.25, 0.3) is 0 Å². The molecule has 56 valence electrons. The van der Waals surface area contributed by atoms with E-state index in [1.54, 1.807) is 0 Å². The van der Waals surface area contributed by atoms with E-state index < -0.39 is 0 Å². The van der Waals surface area contributed by atoms with Crippen LogP contribution in [0.5, 0.6) is 0 Å². The summed E-state index contributed by atoms with van der Waals surface area (Å²) < 4.78 is 11.7. The van der Waals surface area contributed by atoms with Crippen molar-refractivity contribution in [3.8, 4) is 0 Å². The minimum Gasteiger partial charge on any atom is -0.319 e. The van der Waals surface area contributed by atoms with Crippen molar-refractivity contribution < 1.29 is 4.39 Å². The first-order valence-electron chi connectivity index (χ1n) is 3.09. The summed E-state index contributed by atoms with van der Waals surface area (Å²) in [5, 5.41) is 3.03. The van der Waals surface area contributed by atoms with E-state index in [1.165, 1.54) is 0 Å². The van der Waals surface area contributed by atoms with Crippen LogP contribution in [0.2, 0.25) is 0 Å². The van der Waals surface area contributed by atoms with Crippen LogP contribution >= 0.6 is 12.4 Å². The van der Waals surface area contributed by atoms with Crippen molar-refractivity contribution in [2.24, 2.45) is 11.8 Å². The minimum atomic E-state index is -0.119. The highest BCUT2D eigenvalue weighted by Gasteiger charge is 2.35. The number of hydrogen-bond acceptors (Lipinski definition) is 1. The van der Waals surface area contributed by atoms with Gasteiger partial charge in [0.2, 0.25) is 0 Å². The molecule has 2 atom stereocenters. The molecule has 0 aromatic rings. The van der Waals surface area contributed by atoms with Gasteiger partial charge in [-0.2, -0.15) is 0 Å². The molecule has 0 unspecified atom stereocenters. The number of alkyl halides is 1. The predicted molar refractivity (Wildman–Crippen MR) is 38.7 cm³/mol. The maximum absolute atomic E-state index is 11.7. The Morgan fingerprint density at radius 3 is 2.56 bits per heavy atom. The third kappa shape index (κ3) is 2.50. The van der Waals surface area contributed by atoms with E-state index in [0.29, 0.717) is 11.8 Å². The van der Waals surface area contributed by atoms with Gasteiger partial charge in [-0.05, 0) is 31.8 Å². The molecular formula is C6H13ClFN. The van der Waals surface area contributed by atoms with Crippen molar-refractivity contribution >= 4 is 12.4 Å². The monoisotopic (exact) mass is 153 g/mol. The first-order chi connectivity index (χ1) is 3.88. The smallest absolute Gasteiger partial charge is 0.0925 e. The van der Waals surface area contributed by atoms with E-state index in [9.17, 15) is 4.39 Å². The van der Waals surface area contributed by atoms with Gasteiger partial charge in [-0.1, -0.05) is 0 Å². The highest BCUT2D eigenvalue weighted by molar-refractivity contribution is 5.85. The van der Waals surface area contributed by atoms with E-state index in [-0.39, 0.29) is 19.1 Å². The molecule has 0 bridgehead atoms. The Balaban J connectivity index is 0.000000640. The van der Waals surface area contributed by atoms with Crippen LogP contribution in [0.1, 0.15) is 6.42 Å². The van der Waals surface area contributed by atoms with Crippen LogP contribution < -0.4 is 5.32 Å². The average Bonchev–Trinajstić information content (AvgIpc) is 2.48. The van der Waals surface area contributed by atoms with Gasteiger partial charge in [-0.3, -0.25) is 4.39 Å². The summed E-state index contributed by atoms with van der Waals surface area (Å²) in [7, 11) is 1.91. The number of nitrogens with one attached hydrogen (secondary N) is 1. The molecule has 0 heterocycles. The van der Waals surface area contributed by atoms with Gasteiger partial charge in [-0.15, -0.1) is 12.4 Å². The van der Waals surface area contributed by atoms with Crippen molar-refractivity contribution in [1.29, 1.82) is 0 Å². The average molecular weight is 154 g/mol. The second-order valence-corrected chi connectivity index (χ2v) is 2.47. The van der Waals surface area contributed by atoms with E-state index in [4.69, 9.17) is 0 Å². The summed E-state index contributed by atoms with van der Waals surface area (Å²) >= 11 is 0. The Morgan fingerprint density at radius 1 is 1.56 bits per heavy atom. The van der Waals surface area contributed by atoms with Gasteiger partial charge >= 0.3 is 0 Å². The lowest BCUT2D eigenvalue weighted by atomic mass is 10.3. The molecule has 0 amide bonds. The van der Waals surface area contributed by atoms with Crippen LogP contribution in [0.3, 0.4) is 0 Å². The molecule has 0 aromatic carbocycles. The second-order valence-electron chi connectivity index (χ2n) is 2.47. The summed E-state index contributed by atoms with van der Waals surface area (Å²) in [6, 6.07) is 0. The van der Waals surface area contributed by atoms with Crippen molar-refractivity contribution in [2.75, 3.05) is 20.3 Å². The number of halogens is 2. The topological polar surface area (TPSA) is 12.0 Å². The summed E-state index contributed by atoms with van der Waals surface area (Å²) in [4.78, 5) is 0. The van der Waals surface area contributed by atoms with Crippen molar-refractivity contribution in [3.05, 3.63) is 0 Å². The number of rotatable bonds is 3. The molecule has 9 heavy (non-hydrogen) atoms. The van der Waals surface area contributed by atoms with E-state index in [1.807, 2.05) is 7.05 Å². The summed E-state index contributed by atoms with van der Waals surface area (Å²) in [6.45, 7) is 0.876. The molecule has 1 aliphatic carbocycles. The Bertz CT molecular complexity index is 79.5. The Morgan fingerprint density at radius 2 is 2.22 bits per heavy atom. The largest absolute Gasteiger partial charge is 0.319 e. The third-order valence-corrected chi connectivity index (χ3v) is 1.73. The molecule has 0 aromatic heterocycles. The van der Waals surface area contributed by atoms with Crippen LogP contribution in [0.15, 0.2) is 0 Å². The molecule has 1 N–H and O–H groups in total. The molecule has 1 nitrogen and oxygen atoms in total. The maximum Gasteiger partial charge on any atom is 0.0925 e. The van der Waals surface area contributed by atoms with E-state index >= 15 is 0 Å². The van der Waals surface area contributed by atoms with Crippen molar-refractivity contribution in [1.82, 2.24) is 5.32 Å². The molecule has 0 saturated heterocycles. The molecule has 0 spiro atoms. The zero-order chi connectivity index (χ0) is 5.98. The number of hydrogen-bond donors (Lipinski definition) is 1. The quantitative estimate of drug-likeness (QED) is 0.643. The van der Waals surface area contributed by atoms with Gasteiger partial charge in [-0.25, -0.2) is 0 Å². The minimum absolute atomic E-state index is 0. The van der Waals surface area contributed by atoms with Crippen LogP contribution in [0, 0.1) is 11.8 Å². The fraction of sp³-hybridized carbons (Fsp3) is 1.00. The Labute approximate surface area is 61.4 Å². The van der Waals surface area contributed by atoms with Crippen molar-refractivity contribution in [3.63, 3.8) is 0 Å². The molecule has 1 saturated carbocycles. The van der Waals surface area contributed by atoms with Gasteiger partial charge in [0, 0.05) is 0 Å². The van der Waals surface area contributed by atoms with Gasteiger partial charge in [0.15, 0.2) is 0 Å². The van der Waals surface area contributed by atoms with Crippen LogP contribution in [0.25, 0.3) is 0 Å². The fourth-order valence-corrected chi connectivity index (χ4v) is 1.01. The van der Waals surface area contributed by atoms with Gasteiger partial charge in [0.05, 0.1) is 6.67 Å². The Kier molecular flexibility index (Phi) is 4.15. The zero-order valence-corrected chi connectivity index (χ0v) is 6.38. The van der Waals surface area contributed by atoms with Crippen LogP contribution in [-0.2, 0) is 0 Å². The predicted octanol–water partition coefficient (Wildman–Crippen LogP) is 1.23. The molecule has 0 aliphatic heterocycles. The SMILES string of the molecule is CNC[C@H]1C[C@@H]1CF.Cl. The van der Waals surface area contributed by atoms with E-state index in [0.717, 1.165) is 13.0 Å². The summed E-state index contributed by atoms with van der Waals surface area (Å²) in [6.07, 6.45) is 1.09. The third-order valence-electron chi connectivity index (χ3n) is 1.73. The molecule has 1 fully saturated rings. The summed E-state index contributed by atoms with van der Waals surface area (Å²) in [5.74, 6) is 1.03.